The number of hydrogen-bond donors (Lipinski definition) is 2. The molecule has 5 heteroatoms. The molecular weight excluding hydrogens is 440 g/mol. The van der Waals surface area contributed by atoms with E-state index in [2.05, 4.69) is 37.7 Å². The quantitative estimate of drug-likeness (QED) is 0.514. The lowest BCUT2D eigenvalue weighted by atomic mass is 9.52. The molecule has 0 bridgehead atoms. The minimum absolute atomic E-state index is 0.0595. The number of allylic oxidation sites excluding steroid dienone is 1. The van der Waals surface area contributed by atoms with Crippen LogP contribution in [-0.2, 0) is 15.7 Å². The highest BCUT2D eigenvalue weighted by atomic mass is 32.2. The van der Waals surface area contributed by atoms with E-state index in [0.29, 0.717) is 29.5 Å². The Bertz CT molecular complexity index is 874. The van der Waals surface area contributed by atoms with Crippen molar-refractivity contribution in [2.45, 2.75) is 116 Å². The van der Waals surface area contributed by atoms with Gasteiger partial charge < -0.3 is 10.1 Å². The fourth-order valence-corrected chi connectivity index (χ4v) is 10.8. The summed E-state index contributed by atoms with van der Waals surface area (Å²) in [6.45, 7) is 11.1. The van der Waals surface area contributed by atoms with Crippen LogP contribution in [0.5, 0.6) is 0 Å². The van der Waals surface area contributed by atoms with Crippen LogP contribution in [0.4, 0.5) is 0 Å². The molecule has 1 unspecified atom stereocenters. The van der Waals surface area contributed by atoms with Crippen molar-refractivity contribution < 1.29 is 8.95 Å². The predicted molar refractivity (Wildman–Crippen MR) is 140 cm³/mol. The van der Waals surface area contributed by atoms with Gasteiger partial charge in [0.05, 0.1) is 22.7 Å². The Labute approximate surface area is 210 Å². The molecule has 2 aliphatic heterocycles. The molecule has 2 N–H and O–H groups in total. The van der Waals surface area contributed by atoms with Crippen LogP contribution in [0.3, 0.4) is 0 Å². The molecule has 4 nitrogen and oxygen atoms in total. The van der Waals surface area contributed by atoms with Gasteiger partial charge in [-0.15, -0.1) is 0 Å². The largest absolute Gasteiger partial charge is 0.369 e. The molecule has 3 saturated carbocycles. The van der Waals surface area contributed by atoms with E-state index in [9.17, 15) is 4.21 Å². The standard InChI is InChI=1S/C29H48N2O2S/c1-17-12-26-27(30-16-17)19(3)29(33-26)11-9-22-23-7-6-20-13-21(31-34(5)32)8-10-28(20,4)25(23)14-24(22)18(2)15-29/h17,19-23,25-27,30-31H,6-16H2,1-5H3/t17-,19+,20+,21+,22-,23-,25-,26+,27-,28-,29-,34?/m0/s1. The van der Waals surface area contributed by atoms with E-state index in [0.717, 1.165) is 42.6 Å². The van der Waals surface area contributed by atoms with Gasteiger partial charge in [-0.1, -0.05) is 31.9 Å². The summed E-state index contributed by atoms with van der Waals surface area (Å²) >= 11 is 0. The maximum atomic E-state index is 11.8. The molecule has 6 aliphatic rings. The second-order valence-corrected chi connectivity index (χ2v) is 14.9. The summed E-state index contributed by atoms with van der Waals surface area (Å²) in [7, 11) is -0.893. The van der Waals surface area contributed by atoms with Crippen molar-refractivity contribution in [2.24, 2.45) is 40.9 Å². The van der Waals surface area contributed by atoms with Gasteiger partial charge in [0.1, 0.15) is 0 Å². The van der Waals surface area contributed by atoms with Gasteiger partial charge in [0.25, 0.3) is 0 Å². The van der Waals surface area contributed by atoms with Crippen LogP contribution in [-0.4, -0.2) is 40.8 Å². The second-order valence-electron chi connectivity index (χ2n) is 13.7. The average Bonchev–Trinajstić information content (AvgIpc) is 3.24. The minimum atomic E-state index is -0.893. The zero-order valence-electron chi connectivity index (χ0n) is 22.2. The third kappa shape index (κ3) is 3.73. The van der Waals surface area contributed by atoms with Crippen LogP contribution in [0.15, 0.2) is 11.1 Å². The van der Waals surface area contributed by atoms with Crippen LogP contribution in [0.25, 0.3) is 0 Å². The Morgan fingerprint density at radius 3 is 2.74 bits per heavy atom. The van der Waals surface area contributed by atoms with Gasteiger partial charge in [-0.2, -0.15) is 0 Å². The Morgan fingerprint density at radius 2 is 1.94 bits per heavy atom. The second kappa shape index (κ2) is 8.67. The van der Waals surface area contributed by atoms with Crippen LogP contribution in [0, 0.1) is 40.9 Å². The molecule has 34 heavy (non-hydrogen) atoms. The molecule has 0 amide bonds. The van der Waals surface area contributed by atoms with Crippen molar-refractivity contribution in [1.29, 1.82) is 0 Å². The van der Waals surface area contributed by atoms with E-state index in [1.807, 2.05) is 5.57 Å². The molecule has 0 aromatic rings. The zero-order chi connectivity index (χ0) is 23.8. The molecule has 2 heterocycles. The van der Waals surface area contributed by atoms with Gasteiger partial charge in [0, 0.05) is 24.3 Å². The van der Waals surface area contributed by atoms with Crippen molar-refractivity contribution in [3.05, 3.63) is 11.1 Å². The van der Waals surface area contributed by atoms with E-state index in [1.54, 1.807) is 11.8 Å². The molecule has 12 atom stereocenters. The maximum absolute atomic E-state index is 11.8. The molecule has 6 rings (SSSR count). The summed E-state index contributed by atoms with van der Waals surface area (Å²) in [4.78, 5) is 0. The number of hydrogen-bond acceptors (Lipinski definition) is 3. The first-order valence-corrected chi connectivity index (χ1v) is 16.0. The molecule has 192 valence electrons. The fraction of sp³-hybridized carbons (Fsp3) is 0.931. The highest BCUT2D eigenvalue weighted by molar-refractivity contribution is 7.82. The highest BCUT2D eigenvalue weighted by Crippen LogP contribution is 2.65. The van der Waals surface area contributed by atoms with Crippen LogP contribution < -0.4 is 10.0 Å². The van der Waals surface area contributed by atoms with Gasteiger partial charge in [-0.05, 0) is 113 Å². The first-order valence-electron chi connectivity index (χ1n) is 14.4. The lowest BCUT2D eigenvalue weighted by Gasteiger charge is -2.54. The van der Waals surface area contributed by atoms with Gasteiger partial charge in [-0.3, -0.25) is 0 Å². The summed E-state index contributed by atoms with van der Waals surface area (Å²) in [5.41, 5.74) is 4.06. The topological polar surface area (TPSA) is 50.4 Å². The van der Waals surface area contributed by atoms with Gasteiger partial charge in [0.15, 0.2) is 0 Å². The van der Waals surface area contributed by atoms with Gasteiger partial charge in [-0.25, -0.2) is 8.93 Å². The van der Waals surface area contributed by atoms with Crippen LogP contribution in [0.2, 0.25) is 0 Å². The van der Waals surface area contributed by atoms with Crippen molar-refractivity contribution in [3.8, 4) is 0 Å². The van der Waals surface area contributed by atoms with Gasteiger partial charge in [0.2, 0.25) is 0 Å². The first-order chi connectivity index (χ1) is 16.2. The van der Waals surface area contributed by atoms with Crippen molar-refractivity contribution in [3.63, 3.8) is 0 Å². The zero-order valence-corrected chi connectivity index (χ0v) is 23.0. The Kier molecular flexibility index (Phi) is 6.15. The van der Waals surface area contributed by atoms with Crippen molar-refractivity contribution >= 4 is 11.0 Å². The monoisotopic (exact) mass is 488 g/mol. The van der Waals surface area contributed by atoms with Gasteiger partial charge >= 0.3 is 0 Å². The minimum Gasteiger partial charge on any atom is -0.369 e. The van der Waals surface area contributed by atoms with E-state index in [1.165, 1.54) is 57.8 Å². The van der Waals surface area contributed by atoms with E-state index < -0.39 is 11.0 Å². The number of ether oxygens (including phenoxy) is 1. The molecule has 0 radical (unpaired) electrons. The summed E-state index contributed by atoms with van der Waals surface area (Å²) in [6.07, 6.45) is 15.0. The van der Waals surface area contributed by atoms with Crippen molar-refractivity contribution in [1.82, 2.24) is 10.0 Å². The third-order valence-corrected chi connectivity index (χ3v) is 12.6. The summed E-state index contributed by atoms with van der Waals surface area (Å²) in [5, 5.41) is 3.87. The Balaban J connectivity index is 1.23. The Morgan fingerprint density at radius 1 is 1.12 bits per heavy atom. The summed E-state index contributed by atoms with van der Waals surface area (Å²) in [6, 6.07) is 1.00. The number of piperidine rings is 1. The molecular formula is C29H48N2O2S. The SMILES string of the molecule is CC1=C2C[C@H]3[C@@H](CC[C@@H]4C[C@H](NS(C)=O)CC[C@@]43C)[C@@H]2CC[C@@]2(C1)O[C@@H]1C[C@H](C)CN[C@H]1[C@H]2C. The van der Waals surface area contributed by atoms with Crippen LogP contribution in [0.1, 0.15) is 91.9 Å². The first kappa shape index (κ1) is 24.1. The lowest BCUT2D eigenvalue weighted by molar-refractivity contribution is -0.0746. The smallest absolute Gasteiger partial charge is 0.0886 e. The molecule has 5 fully saturated rings. The van der Waals surface area contributed by atoms with E-state index in [4.69, 9.17) is 4.74 Å². The lowest BCUT2D eigenvalue weighted by Crippen LogP contribution is -2.50. The van der Waals surface area contributed by atoms with Crippen molar-refractivity contribution in [2.75, 3.05) is 12.8 Å². The Hall–Kier alpha value is -0.230. The number of fused-ring (bicyclic) bond motifs is 6. The summed E-state index contributed by atoms with van der Waals surface area (Å²) in [5.74, 6) is 4.67. The molecule has 1 spiro atoms. The normalized spacial score (nSPS) is 53.6. The molecule has 4 aliphatic carbocycles. The predicted octanol–water partition coefficient (Wildman–Crippen LogP) is 5.36. The fourth-order valence-electron chi connectivity index (χ4n) is 10.2. The average molecular weight is 489 g/mol. The highest BCUT2D eigenvalue weighted by Gasteiger charge is 2.59. The number of rotatable bonds is 2. The van der Waals surface area contributed by atoms with Crippen LogP contribution >= 0.6 is 0 Å². The molecule has 0 aromatic carbocycles. The van der Waals surface area contributed by atoms with E-state index >= 15 is 0 Å². The molecule has 2 saturated heterocycles. The maximum Gasteiger partial charge on any atom is 0.0886 e. The summed E-state index contributed by atoms with van der Waals surface area (Å²) < 4.78 is 22.2. The van der Waals surface area contributed by atoms with E-state index in [-0.39, 0.29) is 5.60 Å². The number of nitrogens with one attached hydrogen (secondary N) is 2. The molecule has 0 aromatic heterocycles. The third-order valence-electron chi connectivity index (χ3n) is 12.0.